The Morgan fingerprint density at radius 3 is 1.59 bits per heavy atom. The van der Waals surface area contributed by atoms with Gasteiger partial charge in [0.15, 0.2) is 57.3 Å². The number of ether oxygens (including phenoxy) is 3. The molecule has 8 heterocycles. The predicted molar refractivity (Wildman–Crippen MR) is 221 cm³/mol. The molecule has 4 aromatic heterocycles. The zero-order chi connectivity index (χ0) is 43.4. The van der Waals surface area contributed by atoms with E-state index in [0.717, 1.165) is 23.5 Å². The second-order valence-corrected chi connectivity index (χ2v) is 21.3. The fourth-order valence-electron chi connectivity index (χ4n) is 6.73. The van der Waals surface area contributed by atoms with Gasteiger partial charge in [-0.2, -0.15) is 37.8 Å². The highest BCUT2D eigenvalue weighted by Crippen LogP contribution is 2.67. The number of aromatic amines is 2. The van der Waals surface area contributed by atoms with E-state index < -0.39 is 86.3 Å². The third kappa shape index (κ3) is 9.48. The summed E-state index contributed by atoms with van der Waals surface area (Å²) in [6, 6.07) is 0. The van der Waals surface area contributed by atoms with Gasteiger partial charge in [-0.05, 0) is 0 Å². The lowest BCUT2D eigenvalue weighted by molar-refractivity contribution is -0.119. The topological polar surface area (TPSA) is 383 Å². The van der Waals surface area contributed by atoms with Gasteiger partial charge in [-0.1, -0.05) is 23.5 Å². The largest absolute Gasteiger partial charge is 0.476 e. The summed E-state index contributed by atoms with van der Waals surface area (Å²) in [7, 11) is -6.99. The Morgan fingerprint density at radius 1 is 0.770 bits per heavy atom. The van der Waals surface area contributed by atoms with Crippen LogP contribution in [-0.2, 0) is 41.9 Å². The SMILES string of the molecule is Nc1nc2c(nc(SCC(=O)NCCOCCNC(=O)CSc3nc4c(=O)[nH]c(N)nc4n3[C@@H]3O[C@H]4CO[P+](O)(S)O[C@H]4[C@@H]3O)n2[C@@H]2OC3CO[P+](O)(S)O[C@H]3C2O)c(=O)[nH]1. The summed E-state index contributed by atoms with van der Waals surface area (Å²) in [4.78, 5) is 93.0. The molecule has 0 bridgehead atoms. The van der Waals surface area contributed by atoms with Gasteiger partial charge in [0, 0.05) is 13.1 Å². The number of carbonyl (C=O) groups is 2. The molecule has 4 saturated heterocycles. The van der Waals surface area contributed by atoms with Gasteiger partial charge < -0.3 is 46.5 Å². The van der Waals surface area contributed by atoms with Crippen LogP contribution < -0.4 is 33.2 Å². The molecule has 33 heteroatoms. The summed E-state index contributed by atoms with van der Waals surface area (Å²) in [5, 5.41) is 27.9. The van der Waals surface area contributed by atoms with Crippen molar-refractivity contribution in [1.29, 1.82) is 0 Å². The molecule has 12 N–H and O–H groups in total. The molecule has 4 aliphatic rings. The number of thioether (sulfide) groups is 2. The van der Waals surface area contributed by atoms with Gasteiger partial charge >= 0.3 is 14.3 Å². The van der Waals surface area contributed by atoms with Crippen molar-refractivity contribution in [2.45, 2.75) is 59.4 Å². The Balaban J connectivity index is 0.802. The molecular weight excluding hydrogens is 935 g/mol. The van der Waals surface area contributed by atoms with Gasteiger partial charge in [-0.3, -0.25) is 38.3 Å². The molecule has 27 nitrogen and oxygen atoms in total. The number of hydrogen-bond donors (Lipinski definition) is 12. The molecular formula is C28H38N12O15P2S4+2. The average molecular weight is 973 g/mol. The number of thiol groups is 2. The molecule has 332 valence electrons. The highest BCUT2D eigenvalue weighted by Gasteiger charge is 2.60. The Labute approximate surface area is 361 Å². The molecule has 0 radical (unpaired) electrons. The first-order valence-corrected chi connectivity index (χ1v) is 25.4. The average Bonchev–Trinajstić information content (AvgIpc) is 3.92. The number of H-pyrrole nitrogens is 2. The van der Waals surface area contributed by atoms with Crippen LogP contribution >= 0.6 is 62.3 Å². The highest BCUT2D eigenvalue weighted by atomic mass is 32.7. The summed E-state index contributed by atoms with van der Waals surface area (Å²) >= 11 is 9.82. The third-order valence-electron chi connectivity index (χ3n) is 9.33. The fraction of sp³-hybridized carbons (Fsp3) is 0.571. The lowest BCUT2D eigenvalue weighted by Gasteiger charge is -2.25. The molecule has 0 spiro atoms. The van der Waals surface area contributed by atoms with E-state index in [4.69, 9.17) is 43.8 Å². The molecule has 0 saturated carbocycles. The lowest BCUT2D eigenvalue weighted by atomic mass is 10.1. The summed E-state index contributed by atoms with van der Waals surface area (Å²) < 4.78 is 41.5. The molecule has 0 aromatic carbocycles. The Morgan fingerprint density at radius 2 is 1.18 bits per heavy atom. The normalized spacial score (nSPS) is 31.0. The zero-order valence-corrected chi connectivity index (χ0v) is 36.2. The standard InChI is InChI=1S/C28H36N12O15P2S4/c29-25-35-19-13(21(45)37-25)33-27(39(19)23-15(43)17-9(52-23)5-50-56(47,58)54-17)60-7-11(41)31-1-3-49-4-2-32-12(42)8-61-28-34-14-20(36-26(30)38-22(14)46)40(28)24-16(44)18-10(53-24)6-51-57(48,59)55-18/h9-10,15-18,23-24,43-44,47-48,58-59H,1-8H2,(H6-2,29,30,31,32,35,36,37,38,41,42,45,46)/p+2/t9-,10?,15-,16?,17+,18+,23+,24+,56?,57?/m0/s1. The molecule has 4 aliphatic heterocycles. The number of carbonyl (C=O) groups excluding carboxylic acids is 2. The molecule has 8 rings (SSSR count). The summed E-state index contributed by atoms with van der Waals surface area (Å²) in [5.41, 5.74) is 10.0. The van der Waals surface area contributed by atoms with E-state index in [1.807, 2.05) is 0 Å². The minimum absolute atomic E-state index is 0.0141. The summed E-state index contributed by atoms with van der Waals surface area (Å²) in [6.45, 7) is 0.144. The zero-order valence-electron chi connectivity index (χ0n) is 31.0. The molecule has 4 fully saturated rings. The van der Waals surface area contributed by atoms with Crippen molar-refractivity contribution in [2.24, 2.45) is 0 Å². The number of fused-ring (bicyclic) bond motifs is 4. The highest BCUT2D eigenvalue weighted by molar-refractivity contribution is 8.47. The third-order valence-corrected chi connectivity index (χ3v) is 14.5. The van der Waals surface area contributed by atoms with Crippen molar-refractivity contribution in [1.82, 2.24) is 49.7 Å². The van der Waals surface area contributed by atoms with Gasteiger partial charge in [0.05, 0.1) is 49.2 Å². The number of anilines is 2. The van der Waals surface area contributed by atoms with Crippen LogP contribution in [0, 0.1) is 0 Å². The second-order valence-electron chi connectivity index (χ2n) is 13.5. The van der Waals surface area contributed by atoms with Crippen LogP contribution in [0.25, 0.3) is 22.3 Å². The van der Waals surface area contributed by atoms with Gasteiger partial charge in [0.25, 0.3) is 11.1 Å². The fourth-order valence-corrected chi connectivity index (χ4v) is 11.4. The van der Waals surface area contributed by atoms with Crippen LogP contribution in [0.5, 0.6) is 0 Å². The number of hydrogen-bond acceptors (Lipinski definition) is 25. The van der Waals surface area contributed by atoms with Crippen LogP contribution in [0.3, 0.4) is 0 Å². The maximum atomic E-state index is 12.8. The first-order valence-electron chi connectivity index (χ1n) is 17.9. The van der Waals surface area contributed by atoms with E-state index in [-0.39, 0.29) is 95.6 Å². The van der Waals surface area contributed by atoms with Crippen LogP contribution in [0.15, 0.2) is 19.9 Å². The van der Waals surface area contributed by atoms with Gasteiger partial charge in [-0.25, -0.2) is 9.97 Å². The van der Waals surface area contributed by atoms with Gasteiger partial charge in [0.2, 0.25) is 23.7 Å². The first-order chi connectivity index (χ1) is 29.0. The van der Waals surface area contributed by atoms with Crippen molar-refractivity contribution in [3.05, 3.63) is 20.7 Å². The van der Waals surface area contributed by atoms with Crippen molar-refractivity contribution in [3.8, 4) is 0 Å². The van der Waals surface area contributed by atoms with Crippen LogP contribution in [-0.4, -0.2) is 158 Å². The molecule has 4 aromatic rings. The minimum atomic E-state index is -3.49. The number of aliphatic hydroxyl groups is 2. The molecule has 10 atom stereocenters. The van der Waals surface area contributed by atoms with E-state index >= 15 is 0 Å². The van der Waals surface area contributed by atoms with E-state index in [9.17, 15) is 39.2 Å². The van der Waals surface area contributed by atoms with E-state index in [2.05, 4.69) is 65.0 Å². The number of imidazole rings is 2. The number of aromatic nitrogens is 8. The number of rotatable bonds is 14. The number of nitrogens with two attached hydrogens (primary N) is 2. The van der Waals surface area contributed by atoms with Crippen LogP contribution in [0.1, 0.15) is 12.5 Å². The molecule has 0 aliphatic carbocycles. The van der Waals surface area contributed by atoms with Crippen molar-refractivity contribution < 1.29 is 61.9 Å². The van der Waals surface area contributed by atoms with Gasteiger partial charge in [0.1, 0.15) is 37.6 Å². The monoisotopic (exact) mass is 972 g/mol. The predicted octanol–water partition coefficient (Wildman–Crippen LogP) is -2.60. The minimum Gasteiger partial charge on any atom is -0.385 e. The van der Waals surface area contributed by atoms with Crippen molar-refractivity contribution >= 4 is 108 Å². The first kappa shape index (κ1) is 44.7. The van der Waals surface area contributed by atoms with Crippen molar-refractivity contribution in [3.63, 3.8) is 0 Å². The van der Waals surface area contributed by atoms with Gasteiger partial charge in [-0.15, -0.1) is 0 Å². The van der Waals surface area contributed by atoms with E-state index in [1.165, 1.54) is 9.13 Å². The molecule has 4 unspecified atom stereocenters. The number of nitrogens with zero attached hydrogens (tertiary/aromatic N) is 6. The smallest absolute Gasteiger partial charge is 0.385 e. The van der Waals surface area contributed by atoms with Crippen LogP contribution in [0.4, 0.5) is 11.9 Å². The lowest BCUT2D eigenvalue weighted by Crippen LogP contribution is -2.39. The maximum Gasteiger partial charge on any atom is 0.476 e. The number of nitrogens with one attached hydrogen (secondary N) is 4. The Bertz CT molecular complexity index is 2280. The number of nitrogen functional groups attached to an aromatic ring is 2. The second kappa shape index (κ2) is 17.9. The molecule has 2 amide bonds. The number of aliphatic hydroxyl groups excluding tert-OH is 2. The molecule has 61 heavy (non-hydrogen) atoms. The van der Waals surface area contributed by atoms with E-state index in [1.54, 1.807) is 0 Å². The Hall–Kier alpha value is -2.94. The van der Waals surface area contributed by atoms with Crippen molar-refractivity contribution in [2.75, 3.05) is 62.5 Å². The summed E-state index contributed by atoms with van der Waals surface area (Å²) in [5.74, 6) is -1.64. The maximum absolute atomic E-state index is 12.8. The van der Waals surface area contributed by atoms with E-state index in [0.29, 0.717) is 0 Å². The number of amides is 2. The Kier molecular flexibility index (Phi) is 13.1. The summed E-state index contributed by atoms with van der Waals surface area (Å²) in [6.07, 6.45) is -8.80. The quantitative estimate of drug-likeness (QED) is 0.0267. The van der Waals surface area contributed by atoms with Crippen LogP contribution in [0.2, 0.25) is 0 Å².